The third-order valence-corrected chi connectivity index (χ3v) is 3.24. The predicted molar refractivity (Wildman–Crippen MR) is 68.9 cm³/mol. The number of hydrogen-bond donors (Lipinski definition) is 2. The van der Waals surface area contributed by atoms with E-state index in [0.717, 1.165) is 30.2 Å². The molecule has 0 atom stereocenters. The number of aliphatic hydroxyl groups is 1. The molecule has 0 saturated heterocycles. The molecule has 0 spiro atoms. The van der Waals surface area contributed by atoms with Crippen LogP contribution in [-0.4, -0.2) is 40.0 Å². The fourth-order valence-corrected chi connectivity index (χ4v) is 2.04. The van der Waals surface area contributed by atoms with Crippen LogP contribution in [0.3, 0.4) is 0 Å². The minimum Gasteiger partial charge on any atom is -0.394 e. The molecule has 0 aromatic carbocycles. The minimum atomic E-state index is 0.140. The largest absolute Gasteiger partial charge is 0.394 e. The number of nitrogens with zero attached hydrogens (tertiary/aromatic N) is 2. The van der Waals surface area contributed by atoms with Crippen LogP contribution in [0.25, 0.3) is 0 Å². The van der Waals surface area contributed by atoms with Gasteiger partial charge in [0.15, 0.2) is 0 Å². The Balaban J connectivity index is 2.57. The average Bonchev–Trinajstić information content (AvgIpc) is 2.52. The van der Waals surface area contributed by atoms with Gasteiger partial charge in [-0.15, -0.1) is 0 Å². The fourth-order valence-electron chi connectivity index (χ4n) is 1.69. The summed E-state index contributed by atoms with van der Waals surface area (Å²) in [6.45, 7) is 6.68. The lowest BCUT2D eigenvalue weighted by Crippen LogP contribution is -2.17. The number of thioether (sulfide) groups is 1. The first-order chi connectivity index (χ1) is 7.70. The van der Waals surface area contributed by atoms with Gasteiger partial charge in [-0.2, -0.15) is 16.9 Å². The lowest BCUT2D eigenvalue weighted by molar-refractivity contribution is 0.267. The van der Waals surface area contributed by atoms with E-state index in [4.69, 9.17) is 5.11 Å². The van der Waals surface area contributed by atoms with Gasteiger partial charge >= 0.3 is 0 Å². The molecule has 1 aromatic heterocycles. The molecule has 0 radical (unpaired) electrons. The highest BCUT2D eigenvalue weighted by atomic mass is 32.2. The molecule has 0 aliphatic heterocycles. The number of aryl methyl sites for hydroxylation is 1. The van der Waals surface area contributed by atoms with E-state index in [1.165, 1.54) is 5.56 Å². The molecular weight excluding hydrogens is 222 g/mol. The van der Waals surface area contributed by atoms with Gasteiger partial charge in [0.25, 0.3) is 0 Å². The van der Waals surface area contributed by atoms with Gasteiger partial charge in [0.2, 0.25) is 0 Å². The van der Waals surface area contributed by atoms with E-state index in [-0.39, 0.29) is 6.61 Å². The van der Waals surface area contributed by atoms with Gasteiger partial charge in [-0.1, -0.05) is 0 Å². The van der Waals surface area contributed by atoms with Crippen LogP contribution in [0.1, 0.15) is 17.0 Å². The van der Waals surface area contributed by atoms with Crippen LogP contribution >= 0.6 is 11.8 Å². The van der Waals surface area contributed by atoms with Crippen molar-refractivity contribution in [1.82, 2.24) is 15.1 Å². The summed E-state index contributed by atoms with van der Waals surface area (Å²) >= 11 is 1.84. The van der Waals surface area contributed by atoms with Gasteiger partial charge in [-0.3, -0.25) is 4.68 Å². The molecule has 1 aromatic rings. The topological polar surface area (TPSA) is 50.1 Å². The Bertz CT molecular complexity index is 325. The van der Waals surface area contributed by atoms with E-state index in [2.05, 4.69) is 23.6 Å². The zero-order valence-corrected chi connectivity index (χ0v) is 11.1. The summed E-state index contributed by atoms with van der Waals surface area (Å²) in [5.41, 5.74) is 3.47. The first kappa shape index (κ1) is 13.5. The molecule has 0 aliphatic carbocycles. The molecule has 5 heteroatoms. The van der Waals surface area contributed by atoms with Crippen molar-refractivity contribution in [2.24, 2.45) is 0 Å². The lowest BCUT2D eigenvalue weighted by Gasteiger charge is -2.05. The SMILES string of the molecule is CSCCNCc1c(C)nn(CCO)c1C. The summed E-state index contributed by atoms with van der Waals surface area (Å²) in [6.07, 6.45) is 2.11. The van der Waals surface area contributed by atoms with Crippen molar-refractivity contribution in [2.75, 3.05) is 25.2 Å². The van der Waals surface area contributed by atoms with E-state index >= 15 is 0 Å². The normalized spacial score (nSPS) is 11.0. The summed E-state index contributed by atoms with van der Waals surface area (Å²) in [6, 6.07) is 0. The fraction of sp³-hybridized carbons (Fsp3) is 0.727. The van der Waals surface area contributed by atoms with Crippen LogP contribution in [0.5, 0.6) is 0 Å². The molecule has 0 saturated carbocycles. The molecule has 0 amide bonds. The predicted octanol–water partition coefficient (Wildman–Crippen LogP) is 0.945. The number of aromatic nitrogens is 2. The van der Waals surface area contributed by atoms with Crippen molar-refractivity contribution in [1.29, 1.82) is 0 Å². The summed E-state index contributed by atoms with van der Waals surface area (Å²) in [5.74, 6) is 1.13. The Labute approximate surface area is 101 Å². The van der Waals surface area contributed by atoms with Gasteiger partial charge in [0.05, 0.1) is 18.8 Å². The number of hydrogen-bond acceptors (Lipinski definition) is 4. The van der Waals surface area contributed by atoms with E-state index in [0.29, 0.717) is 6.54 Å². The molecule has 16 heavy (non-hydrogen) atoms. The van der Waals surface area contributed by atoms with E-state index < -0.39 is 0 Å². The van der Waals surface area contributed by atoms with Crippen molar-refractivity contribution in [3.05, 3.63) is 17.0 Å². The number of aliphatic hydroxyl groups excluding tert-OH is 1. The molecule has 2 N–H and O–H groups in total. The van der Waals surface area contributed by atoms with E-state index in [1.807, 2.05) is 23.4 Å². The summed E-state index contributed by atoms with van der Waals surface area (Å²) < 4.78 is 1.88. The second-order valence-corrected chi connectivity index (χ2v) is 4.75. The third kappa shape index (κ3) is 3.50. The van der Waals surface area contributed by atoms with Crippen molar-refractivity contribution < 1.29 is 5.11 Å². The van der Waals surface area contributed by atoms with Crippen LogP contribution in [0.15, 0.2) is 0 Å². The Hall–Kier alpha value is -0.520. The highest BCUT2D eigenvalue weighted by molar-refractivity contribution is 7.98. The maximum atomic E-state index is 8.91. The minimum absolute atomic E-state index is 0.140. The molecular formula is C11H21N3OS. The maximum Gasteiger partial charge on any atom is 0.0644 e. The number of nitrogens with one attached hydrogen (secondary N) is 1. The molecule has 0 unspecified atom stereocenters. The van der Waals surface area contributed by atoms with E-state index in [9.17, 15) is 0 Å². The zero-order valence-electron chi connectivity index (χ0n) is 10.3. The van der Waals surface area contributed by atoms with Crippen LogP contribution in [0.2, 0.25) is 0 Å². The van der Waals surface area contributed by atoms with Crippen molar-refractivity contribution in [3.8, 4) is 0 Å². The maximum absolute atomic E-state index is 8.91. The van der Waals surface area contributed by atoms with Crippen molar-refractivity contribution >= 4 is 11.8 Å². The zero-order chi connectivity index (χ0) is 12.0. The molecule has 0 bridgehead atoms. The van der Waals surface area contributed by atoms with Crippen LogP contribution in [0.4, 0.5) is 0 Å². The average molecular weight is 243 g/mol. The highest BCUT2D eigenvalue weighted by Crippen LogP contribution is 2.12. The Morgan fingerprint density at radius 2 is 2.19 bits per heavy atom. The summed E-state index contributed by atoms with van der Waals surface area (Å²) in [5, 5.41) is 16.7. The highest BCUT2D eigenvalue weighted by Gasteiger charge is 2.10. The first-order valence-electron chi connectivity index (χ1n) is 5.54. The number of rotatable bonds is 7. The van der Waals surface area contributed by atoms with Crippen LogP contribution in [0, 0.1) is 13.8 Å². The molecule has 0 aliphatic rings. The van der Waals surface area contributed by atoms with Crippen molar-refractivity contribution in [3.63, 3.8) is 0 Å². The lowest BCUT2D eigenvalue weighted by atomic mass is 10.2. The molecule has 1 rings (SSSR count). The quantitative estimate of drug-likeness (QED) is 0.700. The smallest absolute Gasteiger partial charge is 0.0644 e. The van der Waals surface area contributed by atoms with Gasteiger partial charge in [0, 0.05) is 30.1 Å². The Kier molecular flexibility index (Phi) is 5.87. The van der Waals surface area contributed by atoms with E-state index in [1.54, 1.807) is 0 Å². The van der Waals surface area contributed by atoms with Crippen LogP contribution in [-0.2, 0) is 13.1 Å². The van der Waals surface area contributed by atoms with Gasteiger partial charge in [-0.25, -0.2) is 0 Å². The van der Waals surface area contributed by atoms with Gasteiger partial charge in [-0.05, 0) is 20.1 Å². The van der Waals surface area contributed by atoms with Gasteiger partial charge in [0.1, 0.15) is 0 Å². The second-order valence-electron chi connectivity index (χ2n) is 3.77. The van der Waals surface area contributed by atoms with Gasteiger partial charge < -0.3 is 10.4 Å². The Morgan fingerprint density at radius 1 is 1.44 bits per heavy atom. The molecule has 92 valence electrons. The first-order valence-corrected chi connectivity index (χ1v) is 6.93. The molecule has 0 fully saturated rings. The standard InChI is InChI=1S/C11H21N3OS/c1-9-11(8-12-4-7-16-3)10(2)14(13-9)5-6-15/h12,15H,4-8H2,1-3H3. The monoisotopic (exact) mass is 243 g/mol. The Morgan fingerprint density at radius 3 is 2.81 bits per heavy atom. The summed E-state index contributed by atoms with van der Waals surface area (Å²) in [7, 11) is 0. The van der Waals surface area contributed by atoms with Crippen LogP contribution < -0.4 is 5.32 Å². The molecule has 4 nitrogen and oxygen atoms in total. The molecule has 1 heterocycles. The summed E-state index contributed by atoms with van der Waals surface area (Å²) in [4.78, 5) is 0. The van der Waals surface area contributed by atoms with Crippen molar-refractivity contribution in [2.45, 2.75) is 26.9 Å². The second kappa shape index (κ2) is 6.93. The third-order valence-electron chi connectivity index (χ3n) is 2.63.